The number of hydrogen-bond donors (Lipinski definition) is 1. The van der Waals surface area contributed by atoms with Gasteiger partial charge in [0.2, 0.25) is 5.78 Å². The van der Waals surface area contributed by atoms with E-state index in [1.165, 1.54) is 11.3 Å². The minimum absolute atomic E-state index is 0.0450. The van der Waals surface area contributed by atoms with Gasteiger partial charge in [-0.3, -0.25) is 4.79 Å². The summed E-state index contributed by atoms with van der Waals surface area (Å²) in [7, 11) is 0. The number of nitrogens with one attached hydrogen (secondary N) is 1. The maximum absolute atomic E-state index is 12.1. The predicted octanol–water partition coefficient (Wildman–Crippen LogP) is 1.50. The second kappa shape index (κ2) is 4.99. The van der Waals surface area contributed by atoms with E-state index in [1.54, 1.807) is 6.20 Å². The number of piperidine rings is 1. The Hall–Kier alpha value is -1.53. The molecule has 2 aromatic rings. The molecule has 5 nitrogen and oxygen atoms in total. The second-order valence-electron chi connectivity index (χ2n) is 4.41. The summed E-state index contributed by atoms with van der Waals surface area (Å²) in [6, 6.07) is 2.18. The van der Waals surface area contributed by atoms with Crippen LogP contribution in [0.2, 0.25) is 0 Å². The molecule has 1 saturated heterocycles. The maximum Gasteiger partial charge on any atom is 0.215 e. The molecule has 94 valence electrons. The summed E-state index contributed by atoms with van der Waals surface area (Å²) in [5.41, 5.74) is 1.13. The molecule has 0 atom stereocenters. The lowest BCUT2D eigenvalue weighted by molar-refractivity contribution is 0.103. The number of thiophene rings is 1. The van der Waals surface area contributed by atoms with E-state index in [1.807, 2.05) is 21.5 Å². The average molecular weight is 262 g/mol. The van der Waals surface area contributed by atoms with Gasteiger partial charge in [0.1, 0.15) is 0 Å². The van der Waals surface area contributed by atoms with Gasteiger partial charge < -0.3 is 5.32 Å². The molecule has 1 fully saturated rings. The summed E-state index contributed by atoms with van der Waals surface area (Å²) in [4.78, 5) is 12.1. The van der Waals surface area contributed by atoms with Gasteiger partial charge in [0.25, 0.3) is 0 Å². The van der Waals surface area contributed by atoms with E-state index in [0.29, 0.717) is 17.3 Å². The number of carbonyl (C=O) groups is 1. The highest BCUT2D eigenvalue weighted by Crippen LogP contribution is 2.18. The van der Waals surface area contributed by atoms with Crippen LogP contribution in [0, 0.1) is 0 Å². The van der Waals surface area contributed by atoms with E-state index in [4.69, 9.17) is 0 Å². The summed E-state index contributed by atoms with van der Waals surface area (Å²) in [6.07, 6.45) is 3.85. The highest BCUT2D eigenvalue weighted by molar-refractivity contribution is 7.08. The van der Waals surface area contributed by atoms with Crippen LogP contribution in [0.5, 0.6) is 0 Å². The number of ketones is 1. The first-order valence-corrected chi connectivity index (χ1v) is 6.98. The Balaban J connectivity index is 1.78. The molecule has 18 heavy (non-hydrogen) atoms. The van der Waals surface area contributed by atoms with E-state index in [2.05, 4.69) is 15.6 Å². The zero-order chi connectivity index (χ0) is 12.4. The van der Waals surface area contributed by atoms with Gasteiger partial charge in [-0.25, -0.2) is 4.68 Å². The molecule has 1 aliphatic heterocycles. The molecular weight excluding hydrogens is 248 g/mol. The monoisotopic (exact) mass is 262 g/mol. The van der Waals surface area contributed by atoms with Gasteiger partial charge >= 0.3 is 0 Å². The summed E-state index contributed by atoms with van der Waals surface area (Å²) in [6.45, 7) is 2.00. The van der Waals surface area contributed by atoms with Crippen LogP contribution in [0.1, 0.15) is 34.9 Å². The van der Waals surface area contributed by atoms with Crippen molar-refractivity contribution in [2.45, 2.75) is 18.9 Å². The summed E-state index contributed by atoms with van der Waals surface area (Å²) < 4.78 is 1.83. The fraction of sp³-hybridized carbons (Fsp3) is 0.417. The molecule has 0 amide bonds. The third-order valence-electron chi connectivity index (χ3n) is 3.21. The first-order valence-electron chi connectivity index (χ1n) is 6.04. The van der Waals surface area contributed by atoms with Gasteiger partial charge in [0.05, 0.1) is 12.2 Å². The van der Waals surface area contributed by atoms with Crippen molar-refractivity contribution in [2.75, 3.05) is 13.1 Å². The predicted molar refractivity (Wildman–Crippen MR) is 68.9 cm³/mol. The molecule has 2 aromatic heterocycles. The molecule has 0 saturated carbocycles. The molecule has 1 N–H and O–H groups in total. The van der Waals surface area contributed by atoms with Crippen LogP contribution in [0.3, 0.4) is 0 Å². The Morgan fingerprint density at radius 3 is 3.00 bits per heavy atom. The van der Waals surface area contributed by atoms with Crippen LogP contribution in [0.15, 0.2) is 23.0 Å². The highest BCUT2D eigenvalue weighted by Gasteiger charge is 2.19. The Kier molecular flexibility index (Phi) is 3.21. The lowest BCUT2D eigenvalue weighted by Gasteiger charge is -2.22. The van der Waals surface area contributed by atoms with Crippen molar-refractivity contribution in [3.05, 3.63) is 34.3 Å². The van der Waals surface area contributed by atoms with Gasteiger partial charge in [-0.2, -0.15) is 11.3 Å². The molecule has 3 heterocycles. The van der Waals surface area contributed by atoms with Gasteiger partial charge in [-0.05, 0) is 37.4 Å². The van der Waals surface area contributed by atoms with Crippen molar-refractivity contribution >= 4 is 17.1 Å². The smallest absolute Gasteiger partial charge is 0.215 e. The Bertz CT molecular complexity index is 528. The molecular formula is C12H14N4OS. The first kappa shape index (κ1) is 11.6. The largest absolute Gasteiger partial charge is 0.317 e. The van der Waals surface area contributed by atoms with Gasteiger partial charge in [-0.15, -0.1) is 5.10 Å². The van der Waals surface area contributed by atoms with Crippen molar-refractivity contribution < 1.29 is 4.79 Å². The molecule has 0 aliphatic carbocycles. The number of carbonyl (C=O) groups excluding carboxylic acids is 1. The molecule has 3 rings (SSSR count). The number of rotatable bonds is 3. The first-order chi connectivity index (χ1) is 8.84. The quantitative estimate of drug-likeness (QED) is 0.851. The molecule has 0 bridgehead atoms. The van der Waals surface area contributed by atoms with Crippen molar-refractivity contribution in [1.29, 1.82) is 0 Å². The average Bonchev–Trinajstić information content (AvgIpc) is 3.10. The van der Waals surface area contributed by atoms with E-state index in [-0.39, 0.29) is 5.78 Å². The topological polar surface area (TPSA) is 59.8 Å². The van der Waals surface area contributed by atoms with Crippen LogP contribution >= 0.6 is 11.3 Å². The Labute approximate surface area is 109 Å². The van der Waals surface area contributed by atoms with Gasteiger partial charge in [-0.1, -0.05) is 5.21 Å². The highest BCUT2D eigenvalue weighted by atomic mass is 32.1. The molecule has 0 spiro atoms. The maximum atomic E-state index is 12.1. The van der Waals surface area contributed by atoms with Crippen LogP contribution in [-0.4, -0.2) is 33.9 Å². The lowest BCUT2D eigenvalue weighted by Crippen LogP contribution is -2.29. The fourth-order valence-corrected chi connectivity index (χ4v) is 2.81. The third kappa shape index (κ3) is 2.21. The second-order valence-corrected chi connectivity index (χ2v) is 5.19. The van der Waals surface area contributed by atoms with E-state index in [9.17, 15) is 4.79 Å². The van der Waals surface area contributed by atoms with Gasteiger partial charge in [0, 0.05) is 10.9 Å². The summed E-state index contributed by atoms with van der Waals surface area (Å²) in [5, 5.41) is 15.1. The van der Waals surface area contributed by atoms with Gasteiger partial charge in [0.15, 0.2) is 5.69 Å². The molecule has 6 heteroatoms. The molecule has 0 radical (unpaired) electrons. The minimum Gasteiger partial charge on any atom is -0.317 e. The molecule has 0 unspecified atom stereocenters. The Morgan fingerprint density at radius 1 is 1.44 bits per heavy atom. The van der Waals surface area contributed by atoms with Crippen LogP contribution in [0.25, 0.3) is 0 Å². The van der Waals surface area contributed by atoms with Crippen LogP contribution in [-0.2, 0) is 0 Å². The van der Waals surface area contributed by atoms with Crippen molar-refractivity contribution in [1.82, 2.24) is 20.3 Å². The van der Waals surface area contributed by atoms with E-state index < -0.39 is 0 Å². The standard InChI is InChI=1S/C12H14N4OS/c17-12(9-3-6-18-8-9)11-7-16(15-14-11)10-1-4-13-5-2-10/h3,6-8,10,13H,1-2,4-5H2. The number of hydrogen-bond acceptors (Lipinski definition) is 5. The van der Waals surface area contributed by atoms with E-state index in [0.717, 1.165) is 25.9 Å². The Morgan fingerprint density at radius 2 is 2.28 bits per heavy atom. The van der Waals surface area contributed by atoms with Crippen molar-refractivity contribution in [3.63, 3.8) is 0 Å². The van der Waals surface area contributed by atoms with Crippen LogP contribution < -0.4 is 5.32 Å². The van der Waals surface area contributed by atoms with Crippen LogP contribution in [0.4, 0.5) is 0 Å². The van der Waals surface area contributed by atoms with Crippen molar-refractivity contribution in [3.8, 4) is 0 Å². The molecule has 0 aromatic carbocycles. The zero-order valence-corrected chi connectivity index (χ0v) is 10.7. The lowest BCUT2D eigenvalue weighted by atomic mass is 10.1. The third-order valence-corrected chi connectivity index (χ3v) is 3.89. The number of aromatic nitrogens is 3. The van der Waals surface area contributed by atoms with E-state index >= 15 is 0 Å². The molecule has 1 aliphatic rings. The summed E-state index contributed by atoms with van der Waals surface area (Å²) >= 11 is 1.51. The van der Waals surface area contributed by atoms with Crippen molar-refractivity contribution in [2.24, 2.45) is 0 Å². The number of nitrogens with zero attached hydrogens (tertiary/aromatic N) is 3. The SMILES string of the molecule is O=C(c1ccsc1)c1cn(C2CCNCC2)nn1. The minimum atomic E-state index is -0.0450. The fourth-order valence-electron chi connectivity index (χ4n) is 2.17. The summed E-state index contributed by atoms with van der Waals surface area (Å²) in [5.74, 6) is -0.0450. The zero-order valence-electron chi connectivity index (χ0n) is 9.87. The normalized spacial score (nSPS) is 16.9.